The molecule has 0 unspecified atom stereocenters. The molecule has 7 nitrogen and oxygen atoms in total. The predicted molar refractivity (Wildman–Crippen MR) is 122 cm³/mol. The molecule has 3 aromatic rings. The lowest BCUT2D eigenvalue weighted by Crippen LogP contribution is -2.45. The molecule has 1 aromatic carbocycles. The average Bonchev–Trinajstić information content (AvgIpc) is 2.97. The molecule has 1 amide bonds. The summed E-state index contributed by atoms with van der Waals surface area (Å²) in [4.78, 5) is 46.3. The minimum absolute atomic E-state index is 0.178. The highest BCUT2D eigenvalue weighted by molar-refractivity contribution is 7.18. The average molecular weight is 482 g/mol. The van der Waals surface area contributed by atoms with Gasteiger partial charge in [0.2, 0.25) is 0 Å². The third kappa shape index (κ3) is 5.08. The van der Waals surface area contributed by atoms with Gasteiger partial charge >= 0.3 is 5.97 Å². The summed E-state index contributed by atoms with van der Waals surface area (Å²) in [7, 11) is 0. The zero-order chi connectivity index (χ0) is 22.9. The van der Waals surface area contributed by atoms with E-state index in [1.54, 1.807) is 13.8 Å². The van der Waals surface area contributed by atoms with Gasteiger partial charge in [0, 0.05) is 9.90 Å². The molecular formula is C21H21Cl2N3O4S. The second-order valence-corrected chi connectivity index (χ2v) is 9.45. The number of aromatic amines is 1. The van der Waals surface area contributed by atoms with E-state index in [9.17, 15) is 14.4 Å². The number of halogens is 2. The number of carbonyl (C=O) groups is 2. The van der Waals surface area contributed by atoms with Gasteiger partial charge in [-0.05, 0) is 43.5 Å². The van der Waals surface area contributed by atoms with Gasteiger partial charge in [-0.2, -0.15) is 0 Å². The van der Waals surface area contributed by atoms with Crippen molar-refractivity contribution in [3.05, 3.63) is 60.4 Å². The first kappa shape index (κ1) is 23.2. The Morgan fingerprint density at radius 3 is 2.61 bits per heavy atom. The van der Waals surface area contributed by atoms with Crippen LogP contribution in [0.4, 0.5) is 0 Å². The molecule has 0 fully saturated rings. The molecule has 1 atom stereocenters. The number of fused-ring (bicyclic) bond motifs is 1. The van der Waals surface area contributed by atoms with Gasteiger partial charge in [-0.15, -0.1) is 11.3 Å². The van der Waals surface area contributed by atoms with E-state index < -0.39 is 17.9 Å². The summed E-state index contributed by atoms with van der Waals surface area (Å²) in [5, 5.41) is 3.77. The van der Waals surface area contributed by atoms with Crippen molar-refractivity contribution in [3.8, 4) is 0 Å². The predicted octanol–water partition coefficient (Wildman–Crippen LogP) is 4.41. The lowest BCUT2D eigenvalue weighted by molar-refractivity contribution is -0.148. The molecule has 164 valence electrons. The Hall–Kier alpha value is -2.42. The van der Waals surface area contributed by atoms with Crippen LogP contribution in [0.5, 0.6) is 0 Å². The van der Waals surface area contributed by atoms with Crippen LogP contribution in [-0.4, -0.2) is 27.9 Å². The van der Waals surface area contributed by atoms with E-state index in [0.29, 0.717) is 15.2 Å². The number of nitrogens with zero attached hydrogens (tertiary/aromatic N) is 1. The summed E-state index contributed by atoms with van der Waals surface area (Å²) in [5.74, 6) is -1.18. The molecule has 10 heteroatoms. The van der Waals surface area contributed by atoms with Crippen molar-refractivity contribution in [1.82, 2.24) is 15.3 Å². The van der Waals surface area contributed by atoms with Gasteiger partial charge in [0.15, 0.2) is 0 Å². The fraction of sp³-hybridized carbons (Fsp3) is 0.333. The third-order valence-electron chi connectivity index (χ3n) is 4.82. The number of hydrogen-bond donors (Lipinski definition) is 2. The molecule has 0 radical (unpaired) electrons. The monoisotopic (exact) mass is 481 g/mol. The Kier molecular flexibility index (Phi) is 7.03. The Bertz CT molecular complexity index is 1220. The number of amides is 1. The number of thiophene rings is 1. The summed E-state index contributed by atoms with van der Waals surface area (Å²) in [6, 6.07) is 3.56. The molecular weight excluding hydrogens is 461 g/mol. The molecule has 31 heavy (non-hydrogen) atoms. The van der Waals surface area contributed by atoms with Crippen LogP contribution in [0.25, 0.3) is 10.2 Å². The third-order valence-corrected chi connectivity index (χ3v) is 6.47. The number of H-pyrrole nitrogens is 1. The summed E-state index contributed by atoms with van der Waals surface area (Å²) >= 11 is 13.4. The molecule has 2 heterocycles. The molecule has 0 aliphatic carbocycles. The first-order chi connectivity index (χ1) is 14.6. The maximum Gasteiger partial charge on any atom is 0.329 e. The highest BCUT2D eigenvalue weighted by Gasteiger charge is 2.27. The first-order valence-corrected chi connectivity index (χ1v) is 11.1. The zero-order valence-corrected chi connectivity index (χ0v) is 19.7. The molecule has 0 saturated carbocycles. The van der Waals surface area contributed by atoms with E-state index in [1.807, 2.05) is 13.8 Å². The highest BCUT2D eigenvalue weighted by atomic mass is 35.5. The van der Waals surface area contributed by atoms with E-state index in [1.165, 1.54) is 29.5 Å². The van der Waals surface area contributed by atoms with Gasteiger partial charge in [0.05, 0.1) is 16.0 Å². The smallest absolute Gasteiger partial charge is 0.329 e. The Labute approximate surface area is 192 Å². The zero-order valence-electron chi connectivity index (χ0n) is 17.3. The standard InChI is InChI=1S/C21H21Cl2N3O4S/c1-9(2)17(26-18(27)13-6-5-12(22)7-14(13)23)21(29)30-8-15-24-19(28)16-10(3)11(4)31-20(16)25-15/h5-7,9,17H,8H2,1-4H3,(H,26,27)(H,24,25,28)/t17-/m1/s1. The fourth-order valence-corrected chi connectivity index (χ4v) is 4.53. The lowest BCUT2D eigenvalue weighted by Gasteiger charge is -2.21. The SMILES string of the molecule is Cc1sc2nc(COC(=O)[C@H](NC(=O)c3ccc(Cl)cc3Cl)C(C)C)[nH]c(=O)c2c1C. The minimum Gasteiger partial charge on any atom is -0.456 e. The van der Waals surface area contributed by atoms with E-state index >= 15 is 0 Å². The number of hydrogen-bond acceptors (Lipinski definition) is 6. The molecule has 0 aliphatic rings. The maximum atomic E-state index is 12.7. The number of aryl methyl sites for hydroxylation is 2. The normalized spacial score (nSPS) is 12.2. The minimum atomic E-state index is -0.916. The van der Waals surface area contributed by atoms with Crippen molar-refractivity contribution in [2.75, 3.05) is 0 Å². The van der Waals surface area contributed by atoms with Crippen LogP contribution in [0.2, 0.25) is 10.0 Å². The van der Waals surface area contributed by atoms with Crippen LogP contribution in [0.3, 0.4) is 0 Å². The summed E-state index contributed by atoms with van der Waals surface area (Å²) < 4.78 is 5.34. The van der Waals surface area contributed by atoms with Gasteiger partial charge in [-0.3, -0.25) is 9.59 Å². The molecule has 0 aliphatic heterocycles. The van der Waals surface area contributed by atoms with Gasteiger partial charge in [-0.1, -0.05) is 37.0 Å². The largest absolute Gasteiger partial charge is 0.456 e. The van der Waals surface area contributed by atoms with Crippen molar-refractivity contribution < 1.29 is 14.3 Å². The topological polar surface area (TPSA) is 101 Å². The van der Waals surface area contributed by atoms with Crippen LogP contribution in [-0.2, 0) is 16.1 Å². The Balaban J connectivity index is 1.73. The number of carbonyl (C=O) groups excluding carboxylic acids is 2. The second kappa shape index (κ2) is 9.38. The Morgan fingerprint density at radius 2 is 1.97 bits per heavy atom. The van der Waals surface area contributed by atoms with Crippen LogP contribution in [0.15, 0.2) is 23.0 Å². The molecule has 2 N–H and O–H groups in total. The van der Waals surface area contributed by atoms with Crippen LogP contribution in [0.1, 0.15) is 40.5 Å². The van der Waals surface area contributed by atoms with E-state index in [4.69, 9.17) is 27.9 Å². The number of nitrogens with one attached hydrogen (secondary N) is 2. The summed E-state index contributed by atoms with van der Waals surface area (Å²) in [6.45, 7) is 7.12. The van der Waals surface area contributed by atoms with E-state index in [2.05, 4.69) is 15.3 Å². The number of rotatable bonds is 6. The van der Waals surface area contributed by atoms with Crippen LogP contribution in [0, 0.1) is 19.8 Å². The molecule has 3 rings (SSSR count). The van der Waals surface area contributed by atoms with Crippen molar-refractivity contribution in [3.63, 3.8) is 0 Å². The number of ether oxygens (including phenoxy) is 1. The lowest BCUT2D eigenvalue weighted by atomic mass is 10.0. The fourth-order valence-electron chi connectivity index (χ4n) is 2.99. The first-order valence-electron chi connectivity index (χ1n) is 9.50. The van der Waals surface area contributed by atoms with Crippen molar-refractivity contribution in [2.45, 2.75) is 40.3 Å². The van der Waals surface area contributed by atoms with Gasteiger partial charge in [0.25, 0.3) is 11.5 Å². The van der Waals surface area contributed by atoms with Gasteiger partial charge < -0.3 is 15.0 Å². The molecule has 0 bridgehead atoms. The summed E-state index contributed by atoms with van der Waals surface area (Å²) in [6.07, 6.45) is 0. The Morgan fingerprint density at radius 1 is 1.26 bits per heavy atom. The number of aromatic nitrogens is 2. The van der Waals surface area contributed by atoms with Gasteiger partial charge in [0.1, 0.15) is 23.3 Å². The van der Waals surface area contributed by atoms with Crippen molar-refractivity contribution in [2.24, 2.45) is 5.92 Å². The van der Waals surface area contributed by atoms with Crippen molar-refractivity contribution >= 4 is 56.6 Å². The second-order valence-electron chi connectivity index (χ2n) is 7.40. The molecule has 0 saturated heterocycles. The number of esters is 1. The maximum absolute atomic E-state index is 12.7. The van der Waals surface area contributed by atoms with Crippen molar-refractivity contribution in [1.29, 1.82) is 0 Å². The number of benzene rings is 1. The van der Waals surface area contributed by atoms with Crippen LogP contribution >= 0.6 is 34.5 Å². The van der Waals surface area contributed by atoms with Gasteiger partial charge in [-0.25, -0.2) is 9.78 Å². The summed E-state index contributed by atoms with van der Waals surface area (Å²) in [5.41, 5.74) is 0.814. The van der Waals surface area contributed by atoms with E-state index in [-0.39, 0.29) is 34.5 Å². The molecule has 0 spiro atoms. The highest BCUT2D eigenvalue weighted by Crippen LogP contribution is 2.26. The quantitative estimate of drug-likeness (QED) is 0.507. The molecule has 2 aromatic heterocycles. The van der Waals surface area contributed by atoms with Crippen LogP contribution < -0.4 is 10.9 Å². The van der Waals surface area contributed by atoms with E-state index in [0.717, 1.165) is 10.4 Å².